The van der Waals surface area contributed by atoms with Crippen LogP contribution >= 0.6 is 12.6 Å². The van der Waals surface area contributed by atoms with Gasteiger partial charge in [-0.05, 0) is 17.7 Å². The van der Waals surface area contributed by atoms with Gasteiger partial charge in [0.2, 0.25) is 0 Å². The summed E-state index contributed by atoms with van der Waals surface area (Å²) in [7, 11) is 1.92. The number of benzene rings is 1. The molecule has 0 spiro atoms. The molecule has 0 aliphatic carbocycles. The third-order valence-corrected chi connectivity index (χ3v) is 1.80. The van der Waals surface area contributed by atoms with Crippen LogP contribution in [-0.2, 0) is 0 Å². The van der Waals surface area contributed by atoms with Gasteiger partial charge in [0, 0.05) is 18.5 Å². The van der Waals surface area contributed by atoms with Gasteiger partial charge >= 0.3 is 0 Å². The minimum atomic E-state index is 0.782. The third-order valence-electron chi connectivity index (χ3n) is 1.59. The van der Waals surface area contributed by atoms with Crippen molar-refractivity contribution < 1.29 is 0 Å². The van der Waals surface area contributed by atoms with Crippen LogP contribution in [0.2, 0.25) is 0 Å². The lowest BCUT2D eigenvalue weighted by Crippen LogP contribution is -1.86. The van der Waals surface area contributed by atoms with Crippen molar-refractivity contribution in [3.63, 3.8) is 0 Å². The second-order valence-electron chi connectivity index (χ2n) is 2.46. The summed E-state index contributed by atoms with van der Waals surface area (Å²) in [6.07, 6.45) is 4.09. The predicted octanol–water partition coefficient (Wildman–Crippen LogP) is 2.67. The average molecular weight is 179 g/mol. The van der Waals surface area contributed by atoms with Gasteiger partial charge in [-0.3, -0.25) is 0 Å². The molecule has 0 saturated carbocycles. The van der Waals surface area contributed by atoms with E-state index in [-0.39, 0.29) is 0 Å². The minimum Gasteiger partial charge on any atom is -0.388 e. The summed E-state index contributed by atoms with van der Waals surface area (Å²) in [5.41, 5.74) is 2.34. The molecule has 0 atom stereocenters. The fraction of sp³-hybridized carbons (Fsp3) is 0.200. The van der Waals surface area contributed by atoms with Crippen LogP contribution in [0.5, 0.6) is 0 Å². The van der Waals surface area contributed by atoms with Gasteiger partial charge in [-0.1, -0.05) is 24.3 Å². The van der Waals surface area contributed by atoms with E-state index in [9.17, 15) is 0 Å². The van der Waals surface area contributed by atoms with Gasteiger partial charge in [0.1, 0.15) is 0 Å². The van der Waals surface area contributed by atoms with Crippen molar-refractivity contribution in [2.45, 2.75) is 0 Å². The molecule has 0 heterocycles. The Morgan fingerprint density at radius 2 is 2.33 bits per heavy atom. The lowest BCUT2D eigenvalue weighted by Gasteiger charge is -1.99. The Kier molecular flexibility index (Phi) is 3.74. The highest BCUT2D eigenvalue weighted by Gasteiger charge is 1.88. The van der Waals surface area contributed by atoms with Crippen molar-refractivity contribution in [3.05, 3.63) is 35.9 Å². The largest absolute Gasteiger partial charge is 0.388 e. The van der Waals surface area contributed by atoms with E-state index in [1.54, 1.807) is 0 Å². The van der Waals surface area contributed by atoms with Gasteiger partial charge in [-0.2, -0.15) is 12.6 Å². The summed E-state index contributed by atoms with van der Waals surface area (Å²) in [5, 5.41) is 3.09. The van der Waals surface area contributed by atoms with E-state index in [1.165, 1.54) is 5.56 Å². The maximum atomic E-state index is 4.10. The third kappa shape index (κ3) is 2.62. The van der Waals surface area contributed by atoms with E-state index in [2.05, 4.69) is 36.2 Å². The average Bonchev–Trinajstić information content (AvgIpc) is 2.15. The minimum absolute atomic E-state index is 0.782. The molecule has 0 fully saturated rings. The Labute approximate surface area is 78.9 Å². The maximum absolute atomic E-state index is 4.10. The van der Waals surface area contributed by atoms with Gasteiger partial charge in [0.05, 0.1) is 0 Å². The zero-order valence-electron chi connectivity index (χ0n) is 7.12. The number of nitrogens with one attached hydrogen (secondary N) is 1. The molecular formula is C10H13NS. The molecule has 1 aromatic carbocycles. The quantitative estimate of drug-likeness (QED) is 0.680. The number of hydrogen-bond acceptors (Lipinski definition) is 2. The first-order chi connectivity index (χ1) is 5.86. The van der Waals surface area contributed by atoms with Crippen LogP contribution < -0.4 is 5.32 Å². The summed E-state index contributed by atoms with van der Waals surface area (Å²) < 4.78 is 0. The molecule has 2 heteroatoms. The monoisotopic (exact) mass is 179 g/mol. The number of thiol groups is 1. The van der Waals surface area contributed by atoms with Gasteiger partial charge in [-0.25, -0.2) is 0 Å². The van der Waals surface area contributed by atoms with E-state index in [0.717, 1.165) is 11.4 Å². The number of anilines is 1. The van der Waals surface area contributed by atoms with Crippen LogP contribution in [0.4, 0.5) is 5.69 Å². The summed E-state index contributed by atoms with van der Waals surface area (Å²) in [6, 6.07) is 8.24. The first-order valence-corrected chi connectivity index (χ1v) is 4.55. The second kappa shape index (κ2) is 4.88. The highest BCUT2D eigenvalue weighted by molar-refractivity contribution is 7.80. The molecule has 1 nitrogen and oxygen atoms in total. The molecule has 1 aromatic rings. The van der Waals surface area contributed by atoms with Crippen molar-refractivity contribution in [2.24, 2.45) is 0 Å². The zero-order chi connectivity index (χ0) is 8.81. The molecular weight excluding hydrogens is 166 g/mol. The first-order valence-electron chi connectivity index (χ1n) is 3.92. The SMILES string of the molecule is CNc1cccc(C=CCS)c1. The van der Waals surface area contributed by atoms with Crippen LogP contribution in [0.1, 0.15) is 5.56 Å². The van der Waals surface area contributed by atoms with Crippen LogP contribution in [0.25, 0.3) is 6.08 Å². The molecule has 0 aromatic heterocycles. The van der Waals surface area contributed by atoms with E-state index in [4.69, 9.17) is 0 Å². The normalized spacial score (nSPS) is 10.5. The summed E-state index contributed by atoms with van der Waals surface area (Å²) in [6.45, 7) is 0. The summed E-state index contributed by atoms with van der Waals surface area (Å²) in [5.74, 6) is 0.782. The molecule has 1 N–H and O–H groups in total. The van der Waals surface area contributed by atoms with Gasteiger partial charge in [0.25, 0.3) is 0 Å². The second-order valence-corrected chi connectivity index (χ2v) is 2.83. The van der Waals surface area contributed by atoms with Crippen molar-refractivity contribution in [1.82, 2.24) is 0 Å². The van der Waals surface area contributed by atoms with E-state index in [0.29, 0.717) is 0 Å². The fourth-order valence-electron chi connectivity index (χ4n) is 0.987. The van der Waals surface area contributed by atoms with Crippen LogP contribution in [0.15, 0.2) is 30.3 Å². The van der Waals surface area contributed by atoms with Gasteiger partial charge in [-0.15, -0.1) is 0 Å². The van der Waals surface area contributed by atoms with Crippen molar-refractivity contribution in [1.29, 1.82) is 0 Å². The maximum Gasteiger partial charge on any atom is 0.0343 e. The molecule has 0 unspecified atom stereocenters. The molecule has 12 heavy (non-hydrogen) atoms. The van der Waals surface area contributed by atoms with Crippen LogP contribution in [-0.4, -0.2) is 12.8 Å². The molecule has 1 rings (SSSR count). The highest BCUT2D eigenvalue weighted by atomic mass is 32.1. The topological polar surface area (TPSA) is 12.0 Å². The van der Waals surface area contributed by atoms with Crippen LogP contribution in [0, 0.1) is 0 Å². The fourth-order valence-corrected chi connectivity index (χ4v) is 1.09. The Hall–Kier alpha value is -0.890. The molecule has 0 bridgehead atoms. The standard InChI is InChI=1S/C10H13NS/c1-11-10-6-2-4-9(8-10)5-3-7-12/h2-6,8,11-12H,7H2,1H3. The summed E-state index contributed by atoms with van der Waals surface area (Å²) >= 11 is 4.10. The number of rotatable bonds is 3. The first kappa shape index (κ1) is 9.20. The van der Waals surface area contributed by atoms with E-state index in [1.807, 2.05) is 25.3 Å². The lowest BCUT2D eigenvalue weighted by atomic mass is 10.2. The number of hydrogen-bond donors (Lipinski definition) is 2. The van der Waals surface area contributed by atoms with E-state index < -0.39 is 0 Å². The Bertz CT molecular complexity index is 268. The zero-order valence-corrected chi connectivity index (χ0v) is 8.01. The molecule has 0 amide bonds. The molecule has 0 saturated heterocycles. The Balaban J connectivity index is 2.79. The predicted molar refractivity (Wildman–Crippen MR) is 58.9 cm³/mol. The van der Waals surface area contributed by atoms with Gasteiger partial charge in [0.15, 0.2) is 0 Å². The molecule has 0 radical (unpaired) electrons. The van der Waals surface area contributed by atoms with Gasteiger partial charge < -0.3 is 5.32 Å². The van der Waals surface area contributed by atoms with Crippen LogP contribution in [0.3, 0.4) is 0 Å². The molecule has 0 aliphatic heterocycles. The Morgan fingerprint density at radius 3 is 3.00 bits per heavy atom. The van der Waals surface area contributed by atoms with Crippen molar-refractivity contribution >= 4 is 24.4 Å². The lowest BCUT2D eigenvalue weighted by molar-refractivity contribution is 1.50. The highest BCUT2D eigenvalue weighted by Crippen LogP contribution is 2.10. The molecule has 0 aliphatic rings. The molecule has 64 valence electrons. The smallest absolute Gasteiger partial charge is 0.0343 e. The summed E-state index contributed by atoms with van der Waals surface area (Å²) in [4.78, 5) is 0. The van der Waals surface area contributed by atoms with Crippen molar-refractivity contribution in [2.75, 3.05) is 18.1 Å². The van der Waals surface area contributed by atoms with Crippen molar-refractivity contribution in [3.8, 4) is 0 Å². The van der Waals surface area contributed by atoms with E-state index >= 15 is 0 Å². The Morgan fingerprint density at radius 1 is 1.50 bits per heavy atom.